The highest BCUT2D eigenvalue weighted by atomic mass is 32.1. The summed E-state index contributed by atoms with van der Waals surface area (Å²) in [5.74, 6) is 9.37. The second-order valence-electron chi connectivity index (χ2n) is 39.0. The van der Waals surface area contributed by atoms with Gasteiger partial charge in [-0.3, -0.25) is 19.9 Å². The van der Waals surface area contributed by atoms with E-state index in [1.165, 1.54) is 155 Å². The number of rotatable bonds is 23. The first-order valence-corrected chi connectivity index (χ1v) is 50.5. The van der Waals surface area contributed by atoms with Gasteiger partial charge in [0.2, 0.25) is 17.7 Å². The average molecular weight is 1840 g/mol. The van der Waals surface area contributed by atoms with Crippen LogP contribution in [0.2, 0.25) is 0 Å². The quantitative estimate of drug-likeness (QED) is 0.0595. The molecule has 0 radical (unpaired) electrons. The summed E-state index contributed by atoms with van der Waals surface area (Å²) in [5, 5.41) is 19.1. The Morgan fingerprint density at radius 3 is 0.985 bits per heavy atom. The van der Waals surface area contributed by atoms with Crippen molar-refractivity contribution in [2.45, 2.75) is 275 Å². The summed E-state index contributed by atoms with van der Waals surface area (Å²) >= 11 is 1.75. The van der Waals surface area contributed by atoms with Gasteiger partial charge in [-0.05, 0) is 264 Å². The molecule has 3 fully saturated rings. The molecule has 3 saturated carbocycles. The van der Waals surface area contributed by atoms with E-state index < -0.39 is 0 Å². The van der Waals surface area contributed by atoms with Gasteiger partial charge in [0.15, 0.2) is 0 Å². The van der Waals surface area contributed by atoms with Gasteiger partial charge >= 0.3 is 0 Å². The lowest BCUT2D eigenvalue weighted by atomic mass is 9.97. The van der Waals surface area contributed by atoms with E-state index in [0.29, 0.717) is 70.9 Å². The molecule has 0 N–H and O–H groups in total. The summed E-state index contributed by atoms with van der Waals surface area (Å²) in [4.78, 5) is 30.4. The molecule has 3 aliphatic carbocycles. The van der Waals surface area contributed by atoms with E-state index in [2.05, 4.69) is 410 Å². The highest BCUT2D eigenvalue weighted by molar-refractivity contribution is 7.14. The van der Waals surface area contributed by atoms with Crippen LogP contribution >= 0.6 is 11.3 Å². The molecule has 8 heterocycles. The molecule has 13 nitrogen and oxygen atoms in total. The molecular formula is C123H143N11O2S. The van der Waals surface area contributed by atoms with Gasteiger partial charge in [0.25, 0.3) is 0 Å². The summed E-state index contributed by atoms with van der Waals surface area (Å²) < 4.78 is 11.3. The standard InChI is InChI=1S/C17H21NO.C17H19N.2C16H19N.C15H17N.C14H16N2O.C14H16N2S.C14H16N2/c1-12(2)14-6-5-7-15(10-14)16-8-9-17(18-11-16)19-13(3)4;1-12(2)14-4-3-5-15(8-14)17-9-16(10-18-11-17)13-6-7-13;2*1-4-16-9-8-15(11-17-16)14-7-5-6-13(10-14)12(2)3;1-11(2)13-5-4-6-14(9-13)15-8-7-12(3)16-10-15;2*1-9(2)11-4-3-5-12(8-11)14-16-15-13(17-14)10-6-7-10;1-10(2)12-5-4-6-13(7-12)14-8-15-11(3)16-9-14/h5-13H,1-4H3;3-5,8-13H,6-7H2,1-2H3;2*5-12H,4H2,1-3H3;4-11H,1-3H3;2*3-5,8-10H,6-7H2,1-2H3;4-10H,1-3H3. The van der Waals surface area contributed by atoms with Gasteiger partial charge in [-0.2, -0.15) is 0 Å². The van der Waals surface area contributed by atoms with E-state index in [4.69, 9.17) is 9.15 Å². The first kappa shape index (κ1) is 103. The first-order chi connectivity index (χ1) is 66.0. The SMILES string of the molecule is CC(C)Oc1ccc(-c2cccc(C(C)C)c2)cn1.CC(C)c1cccc(-c2cncc(C3CC3)c2)c1.CC(C)c1cccc(-c2nnc(C3CC3)o2)c1.CC(C)c1cccc(-c2nnc(C3CC3)s2)c1.CCc1ccc(-c2cccc(C(C)C)c2)cn1.CCc1ccc(-c2cccc(C(C)C)c2)cn1.Cc1ccc(-c2cccc(C(C)C)c2)cn1.Cc1ncc(-c2cccc(C(C)C)c2)cn1. The fourth-order valence-corrected chi connectivity index (χ4v) is 16.1. The van der Waals surface area contributed by atoms with Crippen molar-refractivity contribution in [2.75, 3.05) is 0 Å². The molecule has 19 rings (SSSR count). The smallest absolute Gasteiger partial charge is 0.247 e. The van der Waals surface area contributed by atoms with E-state index >= 15 is 0 Å². The van der Waals surface area contributed by atoms with Crippen molar-refractivity contribution in [1.29, 1.82) is 0 Å². The summed E-state index contributed by atoms with van der Waals surface area (Å²) in [6.45, 7) is 47.5. The predicted molar refractivity (Wildman–Crippen MR) is 574 cm³/mol. The summed E-state index contributed by atoms with van der Waals surface area (Å²) in [7, 11) is 0. The Hall–Kier alpha value is -12.9. The van der Waals surface area contributed by atoms with Gasteiger partial charge in [-0.25, -0.2) is 15.0 Å². The fourth-order valence-electron chi connectivity index (χ4n) is 15.1. The lowest BCUT2D eigenvalue weighted by Crippen LogP contribution is -2.06. The molecule has 14 heteroatoms. The lowest BCUT2D eigenvalue weighted by molar-refractivity contribution is 0.232. The summed E-state index contributed by atoms with van der Waals surface area (Å²) in [6, 6.07) is 88.1. The van der Waals surface area contributed by atoms with Crippen LogP contribution in [0.25, 0.3) is 88.8 Å². The van der Waals surface area contributed by atoms with Gasteiger partial charge < -0.3 is 9.15 Å². The summed E-state index contributed by atoms with van der Waals surface area (Å²) in [5.41, 5.74) is 32.3. The molecule has 137 heavy (non-hydrogen) atoms. The highest BCUT2D eigenvalue weighted by Gasteiger charge is 2.30. The number of pyridine rings is 5. The Bertz CT molecular complexity index is 6050. The number of hydrogen-bond acceptors (Lipinski definition) is 14. The molecule has 3 aliphatic rings. The molecule has 708 valence electrons. The fraction of sp³-hybridized carbons (Fsp3) is 0.341. The number of benzene rings is 8. The molecule has 0 aliphatic heterocycles. The Morgan fingerprint density at radius 2 is 0.635 bits per heavy atom. The summed E-state index contributed by atoms with van der Waals surface area (Å²) in [6.07, 6.45) is 25.3. The van der Waals surface area contributed by atoms with Crippen LogP contribution in [0.4, 0.5) is 0 Å². The van der Waals surface area contributed by atoms with E-state index in [0.717, 1.165) is 69.3 Å². The number of ether oxygens (including phenoxy) is 1. The zero-order chi connectivity index (χ0) is 97.6. The molecular weight excluding hydrogens is 1700 g/mol. The molecule has 0 atom stereocenters. The minimum absolute atomic E-state index is 0.155. The minimum atomic E-state index is 0.155. The lowest BCUT2D eigenvalue weighted by Gasteiger charge is -2.10. The van der Waals surface area contributed by atoms with Crippen molar-refractivity contribution in [2.24, 2.45) is 0 Å². The van der Waals surface area contributed by atoms with Crippen LogP contribution in [0.5, 0.6) is 5.88 Å². The maximum atomic E-state index is 5.71. The topological polar surface area (TPSA) is 164 Å². The minimum Gasteiger partial charge on any atom is -0.475 e. The van der Waals surface area contributed by atoms with Crippen LogP contribution in [-0.2, 0) is 12.8 Å². The van der Waals surface area contributed by atoms with Crippen molar-refractivity contribution in [3.05, 3.63) is 382 Å². The maximum absolute atomic E-state index is 5.71. The highest BCUT2D eigenvalue weighted by Crippen LogP contribution is 2.45. The zero-order valence-electron chi connectivity index (χ0n) is 85.0. The Morgan fingerprint density at radius 1 is 0.292 bits per heavy atom. The molecule has 0 unspecified atom stereocenters. The van der Waals surface area contributed by atoms with Crippen molar-refractivity contribution in [3.63, 3.8) is 0 Å². The molecule has 8 aromatic heterocycles. The van der Waals surface area contributed by atoms with Crippen molar-refractivity contribution < 1.29 is 9.15 Å². The number of nitrogens with zero attached hydrogens (tertiary/aromatic N) is 11. The normalized spacial score (nSPS) is 12.5. The Labute approximate surface area is 822 Å². The third kappa shape index (κ3) is 31.8. The molecule has 8 aromatic carbocycles. The molecule has 0 bridgehead atoms. The average Bonchev–Trinajstić information content (AvgIpc) is 1.66. The molecule has 0 amide bonds. The predicted octanol–water partition coefficient (Wildman–Crippen LogP) is 34.0. The number of aromatic nitrogens is 11. The van der Waals surface area contributed by atoms with E-state index in [9.17, 15) is 0 Å². The van der Waals surface area contributed by atoms with Gasteiger partial charge in [0.05, 0.1) is 6.10 Å². The Kier molecular flexibility index (Phi) is 38.2. The van der Waals surface area contributed by atoms with Gasteiger partial charge in [-0.1, -0.05) is 330 Å². The van der Waals surface area contributed by atoms with Gasteiger partial charge in [0, 0.05) is 129 Å². The zero-order valence-corrected chi connectivity index (χ0v) is 85.8. The molecule has 16 aromatic rings. The Balaban J connectivity index is 0.000000141. The van der Waals surface area contributed by atoms with Crippen LogP contribution in [0, 0.1) is 13.8 Å². The second-order valence-corrected chi connectivity index (χ2v) is 40.0. The van der Waals surface area contributed by atoms with Crippen LogP contribution in [0.15, 0.2) is 303 Å². The van der Waals surface area contributed by atoms with Crippen molar-refractivity contribution in [3.8, 4) is 94.7 Å². The van der Waals surface area contributed by atoms with Crippen LogP contribution in [0.1, 0.15) is 326 Å². The maximum Gasteiger partial charge on any atom is 0.247 e. The first-order valence-electron chi connectivity index (χ1n) is 49.7. The van der Waals surface area contributed by atoms with Crippen LogP contribution < -0.4 is 4.74 Å². The van der Waals surface area contributed by atoms with Crippen LogP contribution in [-0.4, -0.2) is 61.4 Å². The van der Waals surface area contributed by atoms with E-state index in [1.807, 2.05) is 95.5 Å². The van der Waals surface area contributed by atoms with Gasteiger partial charge in [-0.15, -0.1) is 20.4 Å². The third-order valence-corrected chi connectivity index (χ3v) is 25.8. The third-order valence-electron chi connectivity index (χ3n) is 24.6. The van der Waals surface area contributed by atoms with E-state index in [1.54, 1.807) is 11.3 Å². The number of aryl methyl sites for hydroxylation is 4. The van der Waals surface area contributed by atoms with Gasteiger partial charge in [0.1, 0.15) is 15.8 Å². The van der Waals surface area contributed by atoms with Crippen molar-refractivity contribution >= 4 is 11.3 Å². The number of hydrogen-bond donors (Lipinski definition) is 0. The second kappa shape index (κ2) is 50.8. The molecule has 0 saturated heterocycles. The van der Waals surface area contributed by atoms with E-state index in [-0.39, 0.29) is 6.10 Å². The van der Waals surface area contributed by atoms with Crippen LogP contribution in [0.3, 0.4) is 0 Å². The van der Waals surface area contributed by atoms with Crippen molar-refractivity contribution in [1.82, 2.24) is 55.3 Å². The largest absolute Gasteiger partial charge is 0.475 e. The molecule has 0 spiro atoms. The monoisotopic (exact) mass is 1840 g/mol.